The first-order valence-electron chi connectivity index (χ1n) is 8.30. The maximum atomic E-state index is 4.63. The zero-order chi connectivity index (χ0) is 14.8. The minimum absolute atomic E-state index is 0.599. The van der Waals surface area contributed by atoms with Crippen LogP contribution in [0.4, 0.5) is 5.13 Å². The summed E-state index contributed by atoms with van der Waals surface area (Å²) in [6.45, 7) is 5.72. The van der Waals surface area contributed by atoms with E-state index in [0.717, 1.165) is 13.1 Å². The lowest BCUT2D eigenvalue weighted by atomic mass is 9.95. The van der Waals surface area contributed by atoms with Gasteiger partial charge in [0.1, 0.15) is 0 Å². The number of anilines is 1. The van der Waals surface area contributed by atoms with Gasteiger partial charge in [0.2, 0.25) is 0 Å². The van der Waals surface area contributed by atoms with Crippen LogP contribution in [0.2, 0.25) is 0 Å². The fourth-order valence-corrected chi connectivity index (χ4v) is 4.60. The topological polar surface area (TPSA) is 48.1 Å². The van der Waals surface area contributed by atoms with Crippen LogP contribution in [0.25, 0.3) is 0 Å². The van der Waals surface area contributed by atoms with Gasteiger partial charge in [-0.05, 0) is 38.3 Å². The normalized spacial score (nSPS) is 23.3. The Labute approximate surface area is 135 Å². The lowest BCUT2D eigenvalue weighted by molar-refractivity contribution is 0.200. The van der Waals surface area contributed by atoms with E-state index in [1.165, 1.54) is 61.0 Å². The van der Waals surface area contributed by atoms with Crippen molar-refractivity contribution in [2.45, 2.75) is 38.1 Å². The molecule has 0 saturated carbocycles. The molecular formula is C16H23N5S. The number of thiazole rings is 1. The maximum Gasteiger partial charge on any atom is 0.185 e. The Morgan fingerprint density at radius 2 is 2.14 bits per heavy atom. The van der Waals surface area contributed by atoms with Crippen LogP contribution in [0, 0.1) is 0 Å². The summed E-state index contributed by atoms with van der Waals surface area (Å²) in [7, 11) is 0. The lowest BCUT2D eigenvalue weighted by Crippen LogP contribution is -2.33. The van der Waals surface area contributed by atoms with Crippen molar-refractivity contribution >= 4 is 16.5 Å². The fourth-order valence-electron chi connectivity index (χ4n) is 3.59. The summed E-state index contributed by atoms with van der Waals surface area (Å²) in [6, 6.07) is 2.12. The predicted octanol–water partition coefficient (Wildman–Crippen LogP) is 2.85. The van der Waals surface area contributed by atoms with E-state index in [4.69, 9.17) is 0 Å². The first-order chi connectivity index (χ1) is 10.9. The number of nitrogens with zero attached hydrogens (tertiary/aromatic N) is 4. The van der Waals surface area contributed by atoms with Crippen molar-refractivity contribution in [2.75, 3.05) is 31.1 Å². The Morgan fingerprint density at radius 1 is 1.23 bits per heavy atom. The zero-order valence-corrected chi connectivity index (χ0v) is 13.7. The molecule has 4 heterocycles. The van der Waals surface area contributed by atoms with Gasteiger partial charge in [-0.2, -0.15) is 5.10 Å². The molecule has 1 unspecified atom stereocenters. The lowest BCUT2D eigenvalue weighted by Gasteiger charge is -2.31. The second-order valence-electron chi connectivity index (χ2n) is 6.39. The molecule has 2 aliphatic heterocycles. The van der Waals surface area contributed by atoms with Gasteiger partial charge in [-0.25, -0.2) is 4.98 Å². The van der Waals surface area contributed by atoms with E-state index < -0.39 is 0 Å². The highest BCUT2D eigenvalue weighted by molar-refractivity contribution is 7.15. The summed E-state index contributed by atoms with van der Waals surface area (Å²) in [5.74, 6) is 0.599. The van der Waals surface area contributed by atoms with Gasteiger partial charge >= 0.3 is 0 Å². The van der Waals surface area contributed by atoms with Gasteiger partial charge in [0.15, 0.2) is 5.13 Å². The van der Waals surface area contributed by atoms with E-state index in [2.05, 4.69) is 37.2 Å². The predicted molar refractivity (Wildman–Crippen MR) is 89.4 cm³/mol. The molecule has 0 amide bonds. The van der Waals surface area contributed by atoms with E-state index in [1.54, 1.807) is 0 Å². The van der Waals surface area contributed by atoms with Crippen molar-refractivity contribution in [3.63, 3.8) is 0 Å². The van der Waals surface area contributed by atoms with Gasteiger partial charge < -0.3 is 4.90 Å². The Morgan fingerprint density at radius 3 is 2.95 bits per heavy atom. The molecule has 4 rings (SSSR count). The number of likely N-dealkylation sites (tertiary alicyclic amines) is 1. The fraction of sp³-hybridized carbons (Fsp3) is 0.625. The average Bonchev–Trinajstić information content (AvgIpc) is 3.29. The summed E-state index contributed by atoms with van der Waals surface area (Å²) in [4.78, 5) is 11.0. The summed E-state index contributed by atoms with van der Waals surface area (Å²) < 4.78 is 0. The van der Waals surface area contributed by atoms with Gasteiger partial charge in [-0.1, -0.05) is 0 Å². The molecule has 2 aromatic rings. The van der Waals surface area contributed by atoms with Crippen LogP contribution in [0.5, 0.6) is 0 Å². The highest BCUT2D eigenvalue weighted by Crippen LogP contribution is 2.29. The first kappa shape index (κ1) is 14.2. The molecule has 2 saturated heterocycles. The molecule has 2 aromatic heterocycles. The quantitative estimate of drug-likeness (QED) is 0.942. The smallest absolute Gasteiger partial charge is 0.185 e. The van der Waals surface area contributed by atoms with Crippen LogP contribution in [-0.4, -0.2) is 46.3 Å². The molecule has 2 fully saturated rings. The van der Waals surface area contributed by atoms with Gasteiger partial charge in [0.25, 0.3) is 0 Å². The third-order valence-electron chi connectivity index (χ3n) is 4.77. The number of H-pyrrole nitrogens is 1. The van der Waals surface area contributed by atoms with Crippen molar-refractivity contribution in [1.29, 1.82) is 0 Å². The molecule has 22 heavy (non-hydrogen) atoms. The summed E-state index contributed by atoms with van der Waals surface area (Å²) in [5, 5.41) is 8.45. The SMILES string of the molecule is c1cc(C2CCCN(Cc3cnc(N4CCCC4)s3)C2)[nH]n1. The van der Waals surface area contributed by atoms with E-state index in [9.17, 15) is 0 Å². The number of nitrogens with one attached hydrogen (secondary N) is 1. The average molecular weight is 317 g/mol. The zero-order valence-electron chi connectivity index (χ0n) is 12.9. The molecule has 1 atom stereocenters. The summed E-state index contributed by atoms with van der Waals surface area (Å²) in [5.41, 5.74) is 1.28. The van der Waals surface area contributed by atoms with Crippen molar-refractivity contribution in [3.05, 3.63) is 29.0 Å². The molecule has 1 N–H and O–H groups in total. The number of hydrogen-bond acceptors (Lipinski definition) is 5. The van der Waals surface area contributed by atoms with Crippen LogP contribution < -0.4 is 4.90 Å². The van der Waals surface area contributed by atoms with E-state index in [1.807, 2.05) is 17.5 Å². The Hall–Kier alpha value is -1.40. The standard InChI is InChI=1S/C16H23N5S/c1-2-9-21(8-1)16-17-10-14(22-16)12-20-7-3-4-13(11-20)15-5-6-18-19-15/h5-6,10,13H,1-4,7-9,11-12H2,(H,18,19). The minimum Gasteiger partial charge on any atom is -0.348 e. The molecule has 0 aromatic carbocycles. The summed E-state index contributed by atoms with van der Waals surface area (Å²) >= 11 is 1.88. The van der Waals surface area contributed by atoms with Crippen LogP contribution in [-0.2, 0) is 6.54 Å². The number of hydrogen-bond donors (Lipinski definition) is 1. The van der Waals surface area contributed by atoms with Crippen molar-refractivity contribution in [2.24, 2.45) is 0 Å². The first-order valence-corrected chi connectivity index (χ1v) is 9.11. The molecule has 0 bridgehead atoms. The van der Waals surface area contributed by atoms with Crippen LogP contribution >= 0.6 is 11.3 Å². The van der Waals surface area contributed by atoms with Crippen LogP contribution in [0.1, 0.15) is 42.2 Å². The number of aromatic amines is 1. The molecule has 0 aliphatic carbocycles. The molecule has 5 nitrogen and oxygen atoms in total. The number of piperidine rings is 1. The highest BCUT2D eigenvalue weighted by Gasteiger charge is 2.23. The van der Waals surface area contributed by atoms with Crippen molar-refractivity contribution < 1.29 is 0 Å². The second kappa shape index (κ2) is 6.38. The second-order valence-corrected chi connectivity index (χ2v) is 7.48. The van der Waals surface area contributed by atoms with Crippen molar-refractivity contribution in [3.8, 4) is 0 Å². The largest absolute Gasteiger partial charge is 0.348 e. The van der Waals surface area contributed by atoms with Crippen molar-refractivity contribution in [1.82, 2.24) is 20.1 Å². The summed E-state index contributed by atoms with van der Waals surface area (Å²) in [6.07, 6.45) is 9.10. The van der Waals surface area contributed by atoms with E-state index in [0.29, 0.717) is 5.92 Å². The van der Waals surface area contributed by atoms with E-state index in [-0.39, 0.29) is 0 Å². The maximum absolute atomic E-state index is 4.63. The van der Waals surface area contributed by atoms with Crippen LogP contribution in [0.3, 0.4) is 0 Å². The third-order valence-corrected chi connectivity index (χ3v) is 5.81. The number of aromatic nitrogens is 3. The highest BCUT2D eigenvalue weighted by atomic mass is 32.1. The molecular weight excluding hydrogens is 294 g/mol. The van der Waals surface area contributed by atoms with Gasteiger partial charge in [0, 0.05) is 55.1 Å². The van der Waals surface area contributed by atoms with Gasteiger partial charge in [0.05, 0.1) is 0 Å². The molecule has 118 valence electrons. The minimum atomic E-state index is 0.599. The Balaban J connectivity index is 1.38. The Kier molecular flexibility index (Phi) is 4.12. The van der Waals surface area contributed by atoms with E-state index >= 15 is 0 Å². The molecule has 2 aliphatic rings. The van der Waals surface area contributed by atoms with Crippen LogP contribution in [0.15, 0.2) is 18.5 Å². The molecule has 6 heteroatoms. The Bertz CT molecular complexity index is 587. The monoisotopic (exact) mass is 317 g/mol. The molecule has 0 spiro atoms. The van der Waals surface area contributed by atoms with Gasteiger partial charge in [-0.15, -0.1) is 11.3 Å². The number of rotatable bonds is 4. The molecule has 0 radical (unpaired) electrons. The van der Waals surface area contributed by atoms with Gasteiger partial charge in [-0.3, -0.25) is 10.00 Å². The third kappa shape index (κ3) is 3.03.